The lowest BCUT2D eigenvalue weighted by Gasteiger charge is -2.12. The minimum absolute atomic E-state index is 0.00763. The number of carbonyl (C=O) groups excluding carboxylic acids is 3. The minimum Gasteiger partial charge on any atom is -0.452 e. The van der Waals surface area contributed by atoms with Crippen LogP contribution in [-0.2, 0) is 19.1 Å². The molecule has 2 amide bonds. The average Bonchev–Trinajstić information content (AvgIpc) is 3.20. The molecule has 1 atom stereocenters. The summed E-state index contributed by atoms with van der Waals surface area (Å²) >= 11 is 1.10. The molecule has 2 N–H and O–H groups in total. The van der Waals surface area contributed by atoms with Crippen molar-refractivity contribution in [3.63, 3.8) is 0 Å². The lowest BCUT2D eigenvalue weighted by molar-refractivity contribution is -0.152. The average molecular weight is 341 g/mol. The molecule has 23 heavy (non-hydrogen) atoms. The van der Waals surface area contributed by atoms with Crippen molar-refractivity contribution in [3.8, 4) is 0 Å². The van der Waals surface area contributed by atoms with Crippen molar-refractivity contribution < 1.29 is 23.6 Å². The van der Waals surface area contributed by atoms with Gasteiger partial charge < -0.3 is 19.9 Å². The maximum absolute atomic E-state index is 11.6. The van der Waals surface area contributed by atoms with E-state index in [1.807, 2.05) is 0 Å². The Morgan fingerprint density at radius 2 is 2.17 bits per heavy atom. The molecular formula is C14H19N3O5S. The first kappa shape index (κ1) is 17.3. The first-order valence-electron chi connectivity index (χ1n) is 7.25. The van der Waals surface area contributed by atoms with Gasteiger partial charge in [-0.15, -0.1) is 11.8 Å². The Kier molecular flexibility index (Phi) is 6.03. The number of aryl methyl sites for hydroxylation is 1. The van der Waals surface area contributed by atoms with Crippen LogP contribution in [0.2, 0.25) is 0 Å². The molecular weight excluding hydrogens is 322 g/mol. The Bertz CT molecular complexity index is 585. The van der Waals surface area contributed by atoms with E-state index in [4.69, 9.17) is 9.26 Å². The summed E-state index contributed by atoms with van der Waals surface area (Å²) in [6.07, 6.45) is 1.13. The normalized spacial score (nSPS) is 14.9. The standard InChI is InChI=1S/C14H19N3O5S/c1-8-5-11(17-22-8)16-12(18)6-23-7-13(19)21-9(2)14(20)15-10-3-4-10/h5,9-10H,3-4,6-7H2,1-2H3,(H,15,20)(H,16,17,18)/t9-/m1/s1. The van der Waals surface area contributed by atoms with Gasteiger partial charge in [0.05, 0.1) is 11.5 Å². The van der Waals surface area contributed by atoms with Gasteiger partial charge in [0.15, 0.2) is 11.9 Å². The number of hydrogen-bond donors (Lipinski definition) is 2. The molecule has 0 unspecified atom stereocenters. The van der Waals surface area contributed by atoms with E-state index in [1.54, 1.807) is 13.0 Å². The van der Waals surface area contributed by atoms with E-state index in [-0.39, 0.29) is 29.4 Å². The van der Waals surface area contributed by atoms with Gasteiger partial charge in [-0.2, -0.15) is 0 Å². The molecule has 1 aliphatic carbocycles. The molecule has 1 saturated carbocycles. The van der Waals surface area contributed by atoms with E-state index in [9.17, 15) is 14.4 Å². The highest BCUT2D eigenvalue weighted by Crippen LogP contribution is 2.18. The number of rotatable bonds is 8. The number of ether oxygens (including phenoxy) is 1. The number of thioether (sulfide) groups is 1. The van der Waals surface area contributed by atoms with Gasteiger partial charge in [-0.3, -0.25) is 14.4 Å². The Morgan fingerprint density at radius 3 is 2.78 bits per heavy atom. The number of esters is 1. The van der Waals surface area contributed by atoms with Crippen LogP contribution >= 0.6 is 11.8 Å². The molecule has 1 aromatic heterocycles. The van der Waals surface area contributed by atoms with E-state index in [2.05, 4.69) is 15.8 Å². The zero-order valence-corrected chi connectivity index (χ0v) is 13.8. The van der Waals surface area contributed by atoms with E-state index in [0.717, 1.165) is 24.6 Å². The highest BCUT2D eigenvalue weighted by atomic mass is 32.2. The SMILES string of the molecule is Cc1cc(NC(=O)CSCC(=O)O[C@H](C)C(=O)NC2CC2)no1. The minimum atomic E-state index is -0.823. The van der Waals surface area contributed by atoms with Crippen LogP contribution in [0, 0.1) is 6.92 Å². The summed E-state index contributed by atoms with van der Waals surface area (Å²) in [4.78, 5) is 34.9. The second-order valence-electron chi connectivity index (χ2n) is 5.28. The molecule has 0 saturated heterocycles. The van der Waals surface area contributed by atoms with E-state index >= 15 is 0 Å². The number of anilines is 1. The molecule has 0 bridgehead atoms. The van der Waals surface area contributed by atoms with Crippen molar-refractivity contribution in [3.05, 3.63) is 11.8 Å². The monoisotopic (exact) mass is 341 g/mol. The molecule has 9 heteroatoms. The maximum Gasteiger partial charge on any atom is 0.316 e. The third kappa shape index (κ3) is 6.31. The number of nitrogens with zero attached hydrogens (tertiary/aromatic N) is 1. The predicted octanol–water partition coefficient (Wildman–Crippen LogP) is 0.865. The molecule has 1 fully saturated rings. The van der Waals surface area contributed by atoms with Gasteiger partial charge in [0.1, 0.15) is 5.76 Å². The quantitative estimate of drug-likeness (QED) is 0.675. The molecule has 0 radical (unpaired) electrons. The predicted molar refractivity (Wildman–Crippen MR) is 83.9 cm³/mol. The first-order chi connectivity index (χ1) is 10.9. The fourth-order valence-corrected chi connectivity index (χ4v) is 2.26. The van der Waals surface area contributed by atoms with Crippen LogP contribution in [0.1, 0.15) is 25.5 Å². The molecule has 0 aromatic carbocycles. The van der Waals surface area contributed by atoms with E-state index < -0.39 is 12.1 Å². The summed E-state index contributed by atoms with van der Waals surface area (Å²) in [5.74, 6) is -0.120. The lowest BCUT2D eigenvalue weighted by Crippen LogP contribution is -2.37. The molecule has 2 rings (SSSR count). The molecule has 1 aromatic rings. The van der Waals surface area contributed by atoms with Crippen LogP contribution in [0.25, 0.3) is 0 Å². The molecule has 1 heterocycles. The van der Waals surface area contributed by atoms with Crippen LogP contribution < -0.4 is 10.6 Å². The zero-order chi connectivity index (χ0) is 16.8. The highest BCUT2D eigenvalue weighted by Gasteiger charge is 2.27. The van der Waals surface area contributed by atoms with Gasteiger partial charge in [0.25, 0.3) is 5.91 Å². The number of hydrogen-bond acceptors (Lipinski definition) is 7. The van der Waals surface area contributed by atoms with Crippen molar-refractivity contribution >= 4 is 35.4 Å². The van der Waals surface area contributed by atoms with Crippen molar-refractivity contribution in [2.24, 2.45) is 0 Å². The summed E-state index contributed by atoms with van der Waals surface area (Å²) in [7, 11) is 0. The Hall–Kier alpha value is -2.03. The van der Waals surface area contributed by atoms with Gasteiger partial charge in [0, 0.05) is 12.1 Å². The van der Waals surface area contributed by atoms with Crippen molar-refractivity contribution in [1.29, 1.82) is 0 Å². The lowest BCUT2D eigenvalue weighted by atomic mass is 10.3. The third-order valence-electron chi connectivity index (χ3n) is 2.95. The van der Waals surface area contributed by atoms with Gasteiger partial charge in [-0.05, 0) is 26.7 Å². The summed E-state index contributed by atoms with van der Waals surface area (Å²) in [6.45, 7) is 3.24. The van der Waals surface area contributed by atoms with Crippen LogP contribution in [0.5, 0.6) is 0 Å². The van der Waals surface area contributed by atoms with E-state index in [1.165, 1.54) is 6.92 Å². The Labute approximate surface area is 137 Å². The highest BCUT2D eigenvalue weighted by molar-refractivity contribution is 8.00. The fraction of sp³-hybridized carbons (Fsp3) is 0.571. The number of amides is 2. The third-order valence-corrected chi connectivity index (χ3v) is 3.86. The summed E-state index contributed by atoms with van der Waals surface area (Å²) in [6, 6.07) is 1.82. The molecule has 8 nitrogen and oxygen atoms in total. The van der Waals surface area contributed by atoms with Gasteiger partial charge in [-0.25, -0.2) is 0 Å². The van der Waals surface area contributed by atoms with E-state index in [0.29, 0.717) is 11.6 Å². The van der Waals surface area contributed by atoms with Crippen LogP contribution in [0.3, 0.4) is 0 Å². The Morgan fingerprint density at radius 1 is 1.43 bits per heavy atom. The molecule has 0 aliphatic heterocycles. The summed E-state index contributed by atoms with van der Waals surface area (Å²) in [5, 5.41) is 8.94. The van der Waals surface area contributed by atoms with Gasteiger partial charge in [-0.1, -0.05) is 5.16 Å². The van der Waals surface area contributed by atoms with Crippen LogP contribution in [0.4, 0.5) is 5.82 Å². The van der Waals surface area contributed by atoms with Crippen LogP contribution in [0.15, 0.2) is 10.6 Å². The first-order valence-corrected chi connectivity index (χ1v) is 8.40. The van der Waals surface area contributed by atoms with Crippen LogP contribution in [-0.4, -0.2) is 46.6 Å². The number of carbonyl (C=O) groups is 3. The largest absolute Gasteiger partial charge is 0.452 e. The fourth-order valence-electron chi connectivity index (χ4n) is 1.66. The number of nitrogens with one attached hydrogen (secondary N) is 2. The second-order valence-corrected chi connectivity index (χ2v) is 6.26. The molecule has 0 spiro atoms. The van der Waals surface area contributed by atoms with Gasteiger partial charge >= 0.3 is 5.97 Å². The van der Waals surface area contributed by atoms with Crippen molar-refractivity contribution in [2.45, 2.75) is 38.8 Å². The van der Waals surface area contributed by atoms with Gasteiger partial charge in [0.2, 0.25) is 5.91 Å². The second kappa shape index (κ2) is 8.00. The summed E-state index contributed by atoms with van der Waals surface area (Å²) < 4.78 is 9.84. The zero-order valence-electron chi connectivity index (χ0n) is 13.0. The number of aromatic nitrogens is 1. The molecule has 1 aliphatic rings. The Balaban J connectivity index is 1.60. The molecule has 126 valence electrons. The van der Waals surface area contributed by atoms with Crippen molar-refractivity contribution in [1.82, 2.24) is 10.5 Å². The summed E-state index contributed by atoms with van der Waals surface area (Å²) in [5.41, 5.74) is 0. The van der Waals surface area contributed by atoms with Crippen molar-refractivity contribution in [2.75, 3.05) is 16.8 Å². The maximum atomic E-state index is 11.6. The topological polar surface area (TPSA) is 111 Å². The smallest absolute Gasteiger partial charge is 0.316 e.